The van der Waals surface area contributed by atoms with Crippen LogP contribution in [0.1, 0.15) is 44.6 Å². The smallest absolute Gasteiger partial charge is 0.191 e. The molecule has 0 spiro atoms. The quantitative estimate of drug-likeness (QED) is 0.428. The molecule has 24 heavy (non-hydrogen) atoms. The topological polar surface area (TPSA) is 39.7 Å². The number of guanidine groups is 1. The van der Waals surface area contributed by atoms with Gasteiger partial charge in [0.2, 0.25) is 0 Å². The fourth-order valence-electron chi connectivity index (χ4n) is 3.52. The summed E-state index contributed by atoms with van der Waals surface area (Å²) in [6, 6.07) is 12.5. The summed E-state index contributed by atoms with van der Waals surface area (Å²) < 4.78 is 0. The molecule has 2 atom stereocenters. The summed E-state index contributed by atoms with van der Waals surface area (Å²) in [5.41, 5.74) is 1.44. The van der Waals surface area contributed by atoms with Crippen LogP contribution < -0.4 is 10.6 Å². The van der Waals surface area contributed by atoms with E-state index in [-0.39, 0.29) is 24.0 Å². The van der Waals surface area contributed by atoms with Crippen LogP contribution in [-0.2, 0) is 0 Å². The van der Waals surface area contributed by atoms with Gasteiger partial charge in [-0.1, -0.05) is 30.3 Å². The monoisotopic (exact) mass is 442 g/mol. The Morgan fingerprint density at radius 2 is 1.79 bits per heavy atom. The molecule has 2 N–H and O–H groups in total. The van der Waals surface area contributed by atoms with Crippen molar-refractivity contribution in [2.45, 2.75) is 57.2 Å². The van der Waals surface area contributed by atoms with Crippen LogP contribution in [0.25, 0.3) is 0 Å². The largest absolute Gasteiger partial charge is 0.354 e. The molecule has 2 unspecified atom stereocenters. The first-order valence-electron chi connectivity index (χ1n) is 8.96. The van der Waals surface area contributed by atoms with Gasteiger partial charge in [0.15, 0.2) is 5.96 Å². The van der Waals surface area contributed by atoms with Crippen LogP contribution >= 0.6 is 24.0 Å². The van der Waals surface area contributed by atoms with Gasteiger partial charge >= 0.3 is 0 Å². The van der Waals surface area contributed by atoms with Crippen molar-refractivity contribution in [2.75, 3.05) is 20.1 Å². The van der Waals surface area contributed by atoms with Gasteiger partial charge in [0.25, 0.3) is 0 Å². The Balaban J connectivity index is 0.00000208. The molecule has 2 aliphatic rings. The number of hydrogen-bond acceptors (Lipinski definition) is 2. The fourth-order valence-corrected chi connectivity index (χ4v) is 3.52. The van der Waals surface area contributed by atoms with Gasteiger partial charge in [-0.15, -0.1) is 24.0 Å². The van der Waals surface area contributed by atoms with Crippen LogP contribution in [0, 0.1) is 0 Å². The summed E-state index contributed by atoms with van der Waals surface area (Å²) in [6.45, 7) is 6.93. The van der Waals surface area contributed by atoms with Crippen molar-refractivity contribution < 1.29 is 0 Å². The highest BCUT2D eigenvalue weighted by molar-refractivity contribution is 14.0. The number of likely N-dealkylation sites (tertiary alicyclic amines) is 1. The minimum Gasteiger partial charge on any atom is -0.354 e. The third-order valence-electron chi connectivity index (χ3n) is 5.16. The van der Waals surface area contributed by atoms with Crippen LogP contribution in [0.2, 0.25) is 0 Å². The maximum absolute atomic E-state index is 4.43. The standard InChI is InChI=1S/C19H30N4.HI/c1-14(2)23-11-9-16(10-12-23)21-19(20-3)22-18-13-17(18)15-7-5-4-6-8-15;/h4-8,14,16-18H,9-13H2,1-3H3,(H2,20,21,22);1H. The summed E-state index contributed by atoms with van der Waals surface area (Å²) in [4.78, 5) is 6.98. The first-order chi connectivity index (χ1) is 11.2. The lowest BCUT2D eigenvalue weighted by Crippen LogP contribution is -2.50. The number of nitrogens with zero attached hydrogens (tertiary/aromatic N) is 2. The van der Waals surface area contributed by atoms with Crippen molar-refractivity contribution in [1.29, 1.82) is 0 Å². The molecule has 1 saturated carbocycles. The SMILES string of the molecule is CN=C(NC1CCN(C(C)C)CC1)NC1CC1c1ccccc1.I. The molecule has 1 aliphatic carbocycles. The molecule has 0 amide bonds. The van der Waals surface area contributed by atoms with Gasteiger partial charge in [0.05, 0.1) is 0 Å². The minimum absolute atomic E-state index is 0. The lowest BCUT2D eigenvalue weighted by molar-refractivity contribution is 0.167. The van der Waals surface area contributed by atoms with Crippen LogP contribution in [0.3, 0.4) is 0 Å². The number of rotatable bonds is 4. The van der Waals surface area contributed by atoms with E-state index in [1.54, 1.807) is 0 Å². The van der Waals surface area contributed by atoms with Gasteiger partial charge in [-0.05, 0) is 38.7 Å². The van der Waals surface area contributed by atoms with Gasteiger partial charge in [0, 0.05) is 44.2 Å². The molecule has 134 valence electrons. The highest BCUT2D eigenvalue weighted by atomic mass is 127. The Bertz CT molecular complexity index is 523. The van der Waals surface area contributed by atoms with E-state index in [1.807, 2.05) is 7.05 Å². The number of hydrogen-bond donors (Lipinski definition) is 2. The van der Waals surface area contributed by atoms with Crippen molar-refractivity contribution in [3.63, 3.8) is 0 Å². The predicted octanol–water partition coefficient (Wildman–Crippen LogP) is 3.20. The number of aliphatic imine (C=N–C) groups is 1. The Kier molecular flexibility index (Phi) is 7.34. The second-order valence-corrected chi connectivity index (χ2v) is 7.12. The lowest BCUT2D eigenvalue weighted by Gasteiger charge is -2.35. The van der Waals surface area contributed by atoms with E-state index in [4.69, 9.17) is 0 Å². The van der Waals surface area contributed by atoms with E-state index < -0.39 is 0 Å². The number of halogens is 1. The summed E-state index contributed by atoms with van der Waals surface area (Å²) in [5.74, 6) is 1.61. The molecule has 4 nitrogen and oxygen atoms in total. The van der Waals surface area contributed by atoms with Gasteiger partial charge < -0.3 is 15.5 Å². The highest BCUT2D eigenvalue weighted by Gasteiger charge is 2.39. The molecule has 1 heterocycles. The molecule has 0 bridgehead atoms. The second kappa shape index (κ2) is 9.04. The van der Waals surface area contributed by atoms with Gasteiger partial charge in [-0.25, -0.2) is 0 Å². The molecule has 1 aliphatic heterocycles. The minimum atomic E-state index is 0. The summed E-state index contributed by atoms with van der Waals surface area (Å²) in [6.07, 6.45) is 3.60. The zero-order chi connectivity index (χ0) is 16.2. The normalized spacial score (nSPS) is 25.2. The van der Waals surface area contributed by atoms with Gasteiger partial charge in [-0.2, -0.15) is 0 Å². The van der Waals surface area contributed by atoms with Crippen molar-refractivity contribution in [2.24, 2.45) is 4.99 Å². The molecule has 3 rings (SSSR count). The fraction of sp³-hybridized carbons (Fsp3) is 0.632. The third kappa shape index (κ3) is 5.09. The molecule has 2 fully saturated rings. The molecular weight excluding hydrogens is 411 g/mol. The zero-order valence-corrected chi connectivity index (χ0v) is 17.4. The van der Waals surface area contributed by atoms with Crippen molar-refractivity contribution in [1.82, 2.24) is 15.5 Å². The van der Waals surface area contributed by atoms with Crippen molar-refractivity contribution >= 4 is 29.9 Å². The molecule has 0 radical (unpaired) electrons. The number of piperidine rings is 1. The van der Waals surface area contributed by atoms with Crippen molar-refractivity contribution in [3.05, 3.63) is 35.9 Å². The number of benzene rings is 1. The van der Waals surface area contributed by atoms with Crippen LogP contribution in [-0.4, -0.2) is 49.1 Å². The van der Waals surface area contributed by atoms with E-state index in [0.29, 0.717) is 24.0 Å². The molecule has 0 aromatic heterocycles. The Morgan fingerprint density at radius 1 is 1.12 bits per heavy atom. The Labute approximate surface area is 163 Å². The maximum atomic E-state index is 4.43. The van der Waals surface area contributed by atoms with E-state index in [1.165, 1.54) is 37.9 Å². The van der Waals surface area contributed by atoms with E-state index >= 15 is 0 Å². The third-order valence-corrected chi connectivity index (χ3v) is 5.16. The van der Waals surface area contributed by atoms with Crippen molar-refractivity contribution in [3.8, 4) is 0 Å². The van der Waals surface area contributed by atoms with Crippen LogP contribution in [0.5, 0.6) is 0 Å². The van der Waals surface area contributed by atoms with E-state index in [9.17, 15) is 0 Å². The Hall–Kier alpha value is -0.820. The summed E-state index contributed by atoms with van der Waals surface area (Å²) in [7, 11) is 1.87. The first kappa shape index (κ1) is 19.5. The second-order valence-electron chi connectivity index (χ2n) is 7.12. The molecule has 5 heteroatoms. The van der Waals surface area contributed by atoms with Crippen LogP contribution in [0.4, 0.5) is 0 Å². The van der Waals surface area contributed by atoms with Crippen LogP contribution in [0.15, 0.2) is 35.3 Å². The predicted molar refractivity (Wildman–Crippen MR) is 112 cm³/mol. The molecule has 1 saturated heterocycles. The average Bonchev–Trinajstić information content (AvgIpc) is 3.35. The van der Waals surface area contributed by atoms with E-state index in [0.717, 1.165) is 5.96 Å². The molecule has 1 aromatic carbocycles. The average molecular weight is 442 g/mol. The molecule has 1 aromatic rings. The van der Waals surface area contributed by atoms with Gasteiger partial charge in [0.1, 0.15) is 0 Å². The molecular formula is C19H31IN4. The lowest BCUT2D eigenvalue weighted by atomic mass is 10.0. The first-order valence-corrected chi connectivity index (χ1v) is 8.96. The summed E-state index contributed by atoms with van der Waals surface area (Å²) >= 11 is 0. The van der Waals surface area contributed by atoms with E-state index in [2.05, 4.69) is 64.7 Å². The highest BCUT2D eigenvalue weighted by Crippen LogP contribution is 2.40. The zero-order valence-electron chi connectivity index (χ0n) is 15.0. The van der Waals surface area contributed by atoms with Gasteiger partial charge in [-0.3, -0.25) is 4.99 Å². The maximum Gasteiger partial charge on any atom is 0.191 e. The Morgan fingerprint density at radius 3 is 2.38 bits per heavy atom. The summed E-state index contributed by atoms with van der Waals surface area (Å²) in [5, 5.41) is 7.22. The number of nitrogens with one attached hydrogen (secondary N) is 2.